The van der Waals surface area contributed by atoms with Crippen LogP contribution in [0.3, 0.4) is 0 Å². The van der Waals surface area contributed by atoms with E-state index < -0.39 is 0 Å². The molecule has 2 aliphatic heterocycles. The first-order valence-electron chi connectivity index (χ1n) is 9.61. The number of rotatable bonds is 6. The lowest BCUT2D eigenvalue weighted by molar-refractivity contribution is 0.334. The topological polar surface area (TPSA) is 22.6 Å². The van der Waals surface area contributed by atoms with E-state index >= 15 is 0 Å². The lowest BCUT2D eigenvalue weighted by Crippen LogP contribution is -2.42. The minimum absolute atomic E-state index is 0.888. The van der Waals surface area contributed by atoms with Gasteiger partial charge < -0.3 is 14.7 Å². The summed E-state index contributed by atoms with van der Waals surface area (Å²) in [5.74, 6) is 0. The first-order chi connectivity index (χ1) is 12.4. The molecule has 4 nitrogen and oxygen atoms in total. The molecule has 3 heterocycles. The van der Waals surface area contributed by atoms with E-state index in [-0.39, 0.29) is 0 Å². The largest absolute Gasteiger partial charge is 0.368 e. The van der Waals surface area contributed by atoms with Crippen LogP contribution in [-0.2, 0) is 6.54 Å². The number of nitrogens with zero attached hydrogens (tertiary/aromatic N) is 4. The third-order valence-electron chi connectivity index (χ3n) is 5.38. The average Bonchev–Trinajstić information content (AvgIpc) is 3.18. The van der Waals surface area contributed by atoms with Gasteiger partial charge in [0, 0.05) is 25.8 Å². The molecule has 1 fully saturated rings. The van der Waals surface area contributed by atoms with Crippen LogP contribution < -0.4 is 9.80 Å². The molecule has 0 aliphatic carbocycles. The highest BCUT2D eigenvalue weighted by Gasteiger charge is 2.22. The fraction of sp³-hybridized carbons (Fsp3) is 0.476. The normalized spacial score (nSPS) is 17.8. The molecule has 2 aliphatic rings. The zero-order valence-corrected chi connectivity index (χ0v) is 15.0. The van der Waals surface area contributed by atoms with Gasteiger partial charge in [-0.15, -0.1) is 0 Å². The molecule has 1 aromatic carbocycles. The third kappa shape index (κ3) is 3.96. The maximum absolute atomic E-state index is 4.50. The standard InChI is InChI=1S/C21H28N4/c1-2-10-21-20(9-1)24(15-7-14-23-12-5-6-13-23)16-17-25(21)18-19-8-3-4-11-22-19/h1-4,8-11H,5-7,12-18H2. The van der Waals surface area contributed by atoms with Crippen LogP contribution in [0.15, 0.2) is 48.7 Å². The molecule has 0 N–H and O–H groups in total. The van der Waals surface area contributed by atoms with Gasteiger partial charge in [-0.2, -0.15) is 0 Å². The van der Waals surface area contributed by atoms with E-state index in [1.807, 2.05) is 12.3 Å². The summed E-state index contributed by atoms with van der Waals surface area (Å²) in [7, 11) is 0. The molecule has 1 aromatic heterocycles. The van der Waals surface area contributed by atoms with E-state index in [0.717, 1.165) is 31.9 Å². The van der Waals surface area contributed by atoms with Gasteiger partial charge in [0.1, 0.15) is 0 Å². The lowest BCUT2D eigenvalue weighted by Gasteiger charge is -2.39. The molecule has 0 saturated carbocycles. The maximum atomic E-state index is 4.50. The Morgan fingerprint density at radius 2 is 1.48 bits per heavy atom. The van der Waals surface area contributed by atoms with Gasteiger partial charge in [0.15, 0.2) is 0 Å². The molecule has 4 rings (SSSR count). The predicted molar refractivity (Wildman–Crippen MR) is 104 cm³/mol. The summed E-state index contributed by atoms with van der Waals surface area (Å²) < 4.78 is 0. The summed E-state index contributed by atoms with van der Waals surface area (Å²) in [6.07, 6.45) is 5.91. The SMILES string of the molecule is c1ccc(CN2CCN(CCCN3CCCC3)c3ccccc32)nc1. The van der Waals surface area contributed by atoms with Crippen molar-refractivity contribution in [2.75, 3.05) is 49.1 Å². The number of pyridine rings is 1. The number of para-hydroxylation sites is 2. The van der Waals surface area contributed by atoms with Gasteiger partial charge >= 0.3 is 0 Å². The second kappa shape index (κ2) is 7.87. The molecule has 0 spiro atoms. The highest BCUT2D eigenvalue weighted by atomic mass is 15.3. The zero-order chi connectivity index (χ0) is 16.9. The van der Waals surface area contributed by atoms with Crippen LogP contribution in [0.2, 0.25) is 0 Å². The Kier molecular flexibility index (Phi) is 5.17. The van der Waals surface area contributed by atoms with E-state index in [2.05, 4.69) is 56.1 Å². The molecule has 4 heteroatoms. The van der Waals surface area contributed by atoms with Crippen LogP contribution in [0.4, 0.5) is 11.4 Å². The van der Waals surface area contributed by atoms with Crippen molar-refractivity contribution in [3.63, 3.8) is 0 Å². The number of likely N-dealkylation sites (tertiary alicyclic amines) is 1. The van der Waals surface area contributed by atoms with Crippen molar-refractivity contribution in [3.05, 3.63) is 54.4 Å². The van der Waals surface area contributed by atoms with Crippen molar-refractivity contribution >= 4 is 11.4 Å². The third-order valence-corrected chi connectivity index (χ3v) is 5.38. The van der Waals surface area contributed by atoms with Gasteiger partial charge in [-0.1, -0.05) is 18.2 Å². The van der Waals surface area contributed by atoms with Crippen LogP contribution in [0.1, 0.15) is 25.0 Å². The van der Waals surface area contributed by atoms with Crippen molar-refractivity contribution in [1.82, 2.24) is 9.88 Å². The Hall–Kier alpha value is -2.07. The Morgan fingerprint density at radius 3 is 2.24 bits per heavy atom. The second-order valence-electron chi connectivity index (χ2n) is 7.12. The first-order valence-corrected chi connectivity index (χ1v) is 9.61. The van der Waals surface area contributed by atoms with Crippen LogP contribution in [-0.4, -0.2) is 49.2 Å². The molecular weight excluding hydrogens is 308 g/mol. The summed E-state index contributed by atoms with van der Waals surface area (Å²) in [4.78, 5) is 12.1. The molecule has 0 atom stereocenters. The summed E-state index contributed by atoms with van der Waals surface area (Å²) in [5.41, 5.74) is 3.87. The predicted octanol–water partition coefficient (Wildman–Crippen LogP) is 3.39. The van der Waals surface area contributed by atoms with Crippen LogP contribution >= 0.6 is 0 Å². The summed E-state index contributed by atoms with van der Waals surface area (Å²) in [6, 6.07) is 15.0. The van der Waals surface area contributed by atoms with Crippen molar-refractivity contribution in [3.8, 4) is 0 Å². The summed E-state index contributed by atoms with van der Waals surface area (Å²) in [5, 5.41) is 0. The molecule has 25 heavy (non-hydrogen) atoms. The number of fused-ring (bicyclic) bond motifs is 1. The smallest absolute Gasteiger partial charge is 0.0608 e. The molecular formula is C21H28N4. The molecule has 0 unspecified atom stereocenters. The van der Waals surface area contributed by atoms with E-state index in [1.54, 1.807) is 0 Å². The quantitative estimate of drug-likeness (QED) is 0.806. The van der Waals surface area contributed by atoms with Crippen molar-refractivity contribution in [2.45, 2.75) is 25.8 Å². The molecule has 0 radical (unpaired) electrons. The van der Waals surface area contributed by atoms with Gasteiger partial charge in [0.2, 0.25) is 0 Å². The molecule has 1 saturated heterocycles. The Morgan fingerprint density at radius 1 is 0.760 bits per heavy atom. The lowest BCUT2D eigenvalue weighted by atomic mass is 10.1. The van der Waals surface area contributed by atoms with Crippen molar-refractivity contribution in [2.24, 2.45) is 0 Å². The van der Waals surface area contributed by atoms with Crippen LogP contribution in [0.5, 0.6) is 0 Å². The Balaban J connectivity index is 1.41. The first kappa shape index (κ1) is 16.4. The van der Waals surface area contributed by atoms with Gasteiger partial charge in [-0.3, -0.25) is 4.98 Å². The second-order valence-corrected chi connectivity index (χ2v) is 7.12. The van der Waals surface area contributed by atoms with Crippen molar-refractivity contribution in [1.29, 1.82) is 0 Å². The van der Waals surface area contributed by atoms with Gasteiger partial charge in [-0.25, -0.2) is 0 Å². The summed E-state index contributed by atoms with van der Waals surface area (Å²) in [6.45, 7) is 8.06. The highest BCUT2D eigenvalue weighted by molar-refractivity contribution is 5.73. The fourth-order valence-corrected chi connectivity index (χ4v) is 4.06. The molecule has 2 aromatic rings. The zero-order valence-electron chi connectivity index (χ0n) is 15.0. The monoisotopic (exact) mass is 336 g/mol. The fourth-order valence-electron chi connectivity index (χ4n) is 4.06. The van der Waals surface area contributed by atoms with Gasteiger partial charge in [0.05, 0.1) is 23.6 Å². The minimum atomic E-state index is 0.888. The van der Waals surface area contributed by atoms with E-state index in [9.17, 15) is 0 Å². The number of hydrogen-bond acceptors (Lipinski definition) is 4. The van der Waals surface area contributed by atoms with Gasteiger partial charge in [-0.05, 0) is 63.2 Å². The Labute approximate surface area is 151 Å². The minimum Gasteiger partial charge on any atom is -0.368 e. The number of aromatic nitrogens is 1. The van der Waals surface area contributed by atoms with E-state index in [4.69, 9.17) is 0 Å². The van der Waals surface area contributed by atoms with Gasteiger partial charge in [0.25, 0.3) is 0 Å². The van der Waals surface area contributed by atoms with E-state index in [0.29, 0.717) is 0 Å². The average molecular weight is 336 g/mol. The van der Waals surface area contributed by atoms with E-state index in [1.165, 1.54) is 50.3 Å². The summed E-state index contributed by atoms with van der Waals surface area (Å²) >= 11 is 0. The molecule has 132 valence electrons. The van der Waals surface area contributed by atoms with Crippen molar-refractivity contribution < 1.29 is 0 Å². The Bertz CT molecular complexity index is 667. The number of hydrogen-bond donors (Lipinski definition) is 0. The van der Waals surface area contributed by atoms with Crippen LogP contribution in [0.25, 0.3) is 0 Å². The molecule has 0 amide bonds. The maximum Gasteiger partial charge on any atom is 0.0608 e. The number of benzene rings is 1. The molecule has 0 bridgehead atoms. The van der Waals surface area contributed by atoms with Crippen LogP contribution in [0, 0.1) is 0 Å². The number of anilines is 2. The highest BCUT2D eigenvalue weighted by Crippen LogP contribution is 2.33.